The third-order valence-electron chi connectivity index (χ3n) is 2.91. The van der Waals surface area contributed by atoms with Gasteiger partial charge in [-0.3, -0.25) is 9.78 Å². The van der Waals surface area contributed by atoms with Gasteiger partial charge in [0, 0.05) is 11.6 Å². The third-order valence-corrected chi connectivity index (χ3v) is 2.91. The average molecular weight is 243 g/mol. The Balaban J connectivity index is 2.48. The fourth-order valence-electron chi connectivity index (χ4n) is 1.90. The SMILES string of the molecule is COC(=O)C(=O)C(C)c1cccc2cccnc12. The third kappa shape index (κ3) is 2.09. The first-order valence-electron chi connectivity index (χ1n) is 5.61. The number of pyridine rings is 1. The van der Waals surface area contributed by atoms with Crippen LogP contribution in [0, 0.1) is 0 Å². The van der Waals surface area contributed by atoms with Crippen LogP contribution in [-0.2, 0) is 14.3 Å². The van der Waals surface area contributed by atoms with Crippen molar-refractivity contribution in [3.05, 3.63) is 42.1 Å². The zero-order valence-electron chi connectivity index (χ0n) is 10.2. The molecule has 0 aliphatic carbocycles. The Morgan fingerprint density at radius 1 is 1.22 bits per heavy atom. The number of benzene rings is 1. The smallest absolute Gasteiger partial charge is 0.374 e. The minimum atomic E-state index is -0.824. The summed E-state index contributed by atoms with van der Waals surface area (Å²) in [5.41, 5.74) is 1.48. The molecule has 1 atom stereocenters. The summed E-state index contributed by atoms with van der Waals surface area (Å²) in [4.78, 5) is 27.4. The van der Waals surface area contributed by atoms with E-state index in [1.807, 2.05) is 24.3 Å². The molecule has 0 fully saturated rings. The first-order chi connectivity index (χ1) is 8.65. The number of para-hydroxylation sites is 1. The maximum Gasteiger partial charge on any atom is 0.374 e. The van der Waals surface area contributed by atoms with Gasteiger partial charge in [-0.1, -0.05) is 31.2 Å². The van der Waals surface area contributed by atoms with E-state index in [2.05, 4.69) is 9.72 Å². The van der Waals surface area contributed by atoms with Gasteiger partial charge in [-0.25, -0.2) is 4.79 Å². The fraction of sp³-hybridized carbons (Fsp3) is 0.214. The highest BCUT2D eigenvalue weighted by molar-refractivity contribution is 6.35. The molecular formula is C14H13NO3. The van der Waals surface area contributed by atoms with Crippen molar-refractivity contribution in [3.8, 4) is 0 Å². The number of esters is 1. The van der Waals surface area contributed by atoms with Crippen molar-refractivity contribution in [1.29, 1.82) is 0 Å². The van der Waals surface area contributed by atoms with Crippen LogP contribution in [0.15, 0.2) is 36.5 Å². The van der Waals surface area contributed by atoms with Gasteiger partial charge in [-0.15, -0.1) is 0 Å². The molecule has 2 rings (SSSR count). The van der Waals surface area contributed by atoms with Crippen molar-refractivity contribution in [2.24, 2.45) is 0 Å². The van der Waals surface area contributed by atoms with E-state index < -0.39 is 17.7 Å². The van der Waals surface area contributed by atoms with Crippen LogP contribution < -0.4 is 0 Å². The summed E-state index contributed by atoms with van der Waals surface area (Å²) in [5.74, 6) is -1.94. The Morgan fingerprint density at radius 2 is 1.94 bits per heavy atom. The molecule has 0 saturated heterocycles. The van der Waals surface area contributed by atoms with Crippen LogP contribution in [0.4, 0.5) is 0 Å². The number of ether oxygens (including phenoxy) is 1. The molecular weight excluding hydrogens is 230 g/mol. The summed E-state index contributed by atoms with van der Waals surface area (Å²) in [5, 5.41) is 0.944. The van der Waals surface area contributed by atoms with E-state index in [1.54, 1.807) is 19.2 Å². The molecule has 18 heavy (non-hydrogen) atoms. The van der Waals surface area contributed by atoms with Crippen LogP contribution in [0.2, 0.25) is 0 Å². The first kappa shape index (κ1) is 12.2. The summed E-state index contributed by atoms with van der Waals surface area (Å²) < 4.78 is 4.46. The lowest BCUT2D eigenvalue weighted by atomic mass is 9.94. The van der Waals surface area contributed by atoms with E-state index >= 15 is 0 Å². The Labute approximate surface area is 105 Å². The molecule has 0 amide bonds. The molecule has 2 aromatic rings. The Kier molecular flexibility index (Phi) is 3.37. The maximum atomic E-state index is 11.8. The van der Waals surface area contributed by atoms with Gasteiger partial charge < -0.3 is 4.74 Å². The van der Waals surface area contributed by atoms with Crippen LogP contribution in [-0.4, -0.2) is 23.8 Å². The quantitative estimate of drug-likeness (QED) is 0.611. The zero-order chi connectivity index (χ0) is 13.1. The van der Waals surface area contributed by atoms with E-state index in [1.165, 1.54) is 7.11 Å². The van der Waals surface area contributed by atoms with Crippen molar-refractivity contribution in [2.75, 3.05) is 7.11 Å². The number of ketones is 1. The van der Waals surface area contributed by atoms with Crippen LogP contribution in [0.5, 0.6) is 0 Å². The molecule has 0 saturated carbocycles. The molecule has 1 aromatic carbocycles. The van der Waals surface area contributed by atoms with E-state index in [-0.39, 0.29) is 0 Å². The van der Waals surface area contributed by atoms with E-state index in [4.69, 9.17) is 0 Å². The highest BCUT2D eigenvalue weighted by Crippen LogP contribution is 2.24. The predicted octanol–water partition coefficient (Wildman–Crippen LogP) is 2.08. The molecule has 0 bridgehead atoms. The van der Waals surface area contributed by atoms with Crippen molar-refractivity contribution in [3.63, 3.8) is 0 Å². The summed E-state index contributed by atoms with van der Waals surface area (Å²) in [7, 11) is 1.20. The van der Waals surface area contributed by atoms with Crippen molar-refractivity contribution < 1.29 is 14.3 Å². The van der Waals surface area contributed by atoms with E-state index in [0.29, 0.717) is 0 Å². The van der Waals surface area contributed by atoms with Crippen molar-refractivity contribution >= 4 is 22.7 Å². The lowest BCUT2D eigenvalue weighted by molar-refractivity contribution is -0.152. The minimum absolute atomic E-state index is 0.559. The number of hydrogen-bond donors (Lipinski definition) is 0. The minimum Gasteiger partial charge on any atom is -0.463 e. The highest BCUT2D eigenvalue weighted by atomic mass is 16.5. The van der Waals surface area contributed by atoms with Gasteiger partial charge in [0.2, 0.25) is 5.78 Å². The molecule has 0 N–H and O–H groups in total. The highest BCUT2D eigenvalue weighted by Gasteiger charge is 2.25. The molecule has 92 valence electrons. The van der Waals surface area contributed by atoms with Gasteiger partial charge in [0.25, 0.3) is 0 Å². The number of nitrogens with zero attached hydrogens (tertiary/aromatic N) is 1. The average Bonchev–Trinajstić information content (AvgIpc) is 2.44. The Bertz CT molecular complexity index is 602. The number of hydrogen-bond acceptors (Lipinski definition) is 4. The van der Waals surface area contributed by atoms with Crippen molar-refractivity contribution in [1.82, 2.24) is 4.98 Å². The zero-order valence-corrected chi connectivity index (χ0v) is 10.2. The van der Waals surface area contributed by atoms with E-state index in [9.17, 15) is 9.59 Å². The lowest BCUT2D eigenvalue weighted by Gasteiger charge is -2.11. The molecule has 4 nitrogen and oxygen atoms in total. The Morgan fingerprint density at radius 3 is 2.67 bits per heavy atom. The molecule has 1 aromatic heterocycles. The Hall–Kier alpha value is -2.23. The summed E-state index contributed by atoms with van der Waals surface area (Å²) in [6, 6.07) is 9.32. The molecule has 0 aliphatic heterocycles. The number of fused-ring (bicyclic) bond motifs is 1. The summed E-state index contributed by atoms with van der Waals surface area (Å²) in [6.07, 6.45) is 1.67. The topological polar surface area (TPSA) is 56.3 Å². The van der Waals surface area contributed by atoms with Crippen LogP contribution in [0.3, 0.4) is 0 Å². The van der Waals surface area contributed by atoms with Crippen LogP contribution in [0.25, 0.3) is 10.9 Å². The lowest BCUT2D eigenvalue weighted by Crippen LogP contribution is -2.21. The number of methoxy groups -OCH3 is 1. The molecule has 0 aliphatic rings. The van der Waals surface area contributed by atoms with Gasteiger partial charge >= 0.3 is 5.97 Å². The number of carbonyl (C=O) groups excluding carboxylic acids is 2. The van der Waals surface area contributed by atoms with Gasteiger partial charge in [-0.05, 0) is 11.6 Å². The monoisotopic (exact) mass is 243 g/mol. The van der Waals surface area contributed by atoms with E-state index in [0.717, 1.165) is 16.5 Å². The molecule has 0 spiro atoms. The van der Waals surface area contributed by atoms with Crippen LogP contribution in [0.1, 0.15) is 18.4 Å². The molecule has 1 unspecified atom stereocenters. The fourth-order valence-corrected chi connectivity index (χ4v) is 1.90. The number of carbonyl (C=O) groups is 2. The van der Waals surface area contributed by atoms with Gasteiger partial charge in [-0.2, -0.15) is 0 Å². The molecule has 4 heteroatoms. The molecule has 0 radical (unpaired) electrons. The van der Waals surface area contributed by atoms with Crippen molar-refractivity contribution in [2.45, 2.75) is 12.8 Å². The van der Waals surface area contributed by atoms with Crippen LogP contribution >= 0.6 is 0 Å². The summed E-state index contributed by atoms with van der Waals surface area (Å²) in [6.45, 7) is 1.68. The van der Waals surface area contributed by atoms with Gasteiger partial charge in [0.1, 0.15) is 0 Å². The predicted molar refractivity (Wildman–Crippen MR) is 67.2 cm³/mol. The summed E-state index contributed by atoms with van der Waals surface area (Å²) >= 11 is 0. The number of aromatic nitrogens is 1. The first-order valence-corrected chi connectivity index (χ1v) is 5.61. The second-order valence-electron chi connectivity index (χ2n) is 4.00. The normalized spacial score (nSPS) is 12.1. The standard InChI is InChI=1S/C14H13NO3/c1-9(13(16)14(17)18-2)11-7-3-5-10-6-4-8-15-12(10)11/h3-9H,1-2H3. The number of rotatable bonds is 3. The second-order valence-corrected chi connectivity index (χ2v) is 4.00. The largest absolute Gasteiger partial charge is 0.463 e. The second kappa shape index (κ2) is 4.96. The van der Waals surface area contributed by atoms with Gasteiger partial charge in [0.05, 0.1) is 18.5 Å². The maximum absolute atomic E-state index is 11.8. The van der Waals surface area contributed by atoms with Gasteiger partial charge in [0.15, 0.2) is 0 Å². The number of Topliss-reactive ketones (excluding diaryl/α,β-unsaturated/α-hetero) is 1. The molecule has 1 heterocycles.